The monoisotopic (exact) mass is 251 g/mol. The summed E-state index contributed by atoms with van der Waals surface area (Å²) in [4.78, 5) is 20.4. The zero-order valence-corrected chi connectivity index (χ0v) is 10.6. The molecule has 0 saturated carbocycles. The van der Waals surface area contributed by atoms with E-state index in [1.165, 1.54) is 19.5 Å². The first kappa shape index (κ1) is 12.9. The van der Waals surface area contributed by atoms with E-state index in [9.17, 15) is 4.79 Å². The third-order valence-electron chi connectivity index (χ3n) is 3.29. The highest BCUT2D eigenvalue weighted by atomic mass is 16.5. The number of Topliss-reactive ketones (excluding diaryl/α,β-unsaturated/α-hetero) is 1. The van der Waals surface area contributed by atoms with Crippen molar-refractivity contribution in [3.8, 4) is 6.01 Å². The van der Waals surface area contributed by atoms with Crippen LogP contribution in [0.5, 0.6) is 6.01 Å². The highest BCUT2D eigenvalue weighted by Crippen LogP contribution is 2.26. The normalized spacial score (nSPS) is 18.3. The van der Waals surface area contributed by atoms with Gasteiger partial charge in [0.05, 0.1) is 12.7 Å². The fraction of sp³-hybridized carbons (Fsp3) is 0.583. The molecule has 98 valence electrons. The predicted molar refractivity (Wildman–Crippen MR) is 64.8 cm³/mol. The van der Waals surface area contributed by atoms with E-state index < -0.39 is 5.60 Å². The molecule has 0 bridgehead atoms. The Morgan fingerprint density at radius 3 is 2.39 bits per heavy atom. The minimum atomic E-state index is -0.747. The molecular formula is C12H17N3O3. The number of aromatic nitrogens is 2. The molecule has 0 radical (unpaired) electrons. The number of piperidine rings is 1. The van der Waals surface area contributed by atoms with Crippen molar-refractivity contribution in [3.05, 3.63) is 18.0 Å². The molecule has 1 aromatic rings. The van der Waals surface area contributed by atoms with Crippen LogP contribution in [-0.4, -0.2) is 48.7 Å². The lowest BCUT2D eigenvalue weighted by molar-refractivity contribution is -0.0154. The third-order valence-corrected chi connectivity index (χ3v) is 3.29. The number of hydrogen-bond donors (Lipinski definition) is 1. The highest BCUT2D eigenvalue weighted by Gasteiger charge is 2.40. The quantitative estimate of drug-likeness (QED) is 0.783. The second-order valence-electron chi connectivity index (χ2n) is 4.24. The zero-order chi connectivity index (χ0) is 13.0. The SMILES string of the molecule is COc1ncc(C(=O)C2(OC)CCNCC2)cn1. The van der Waals surface area contributed by atoms with E-state index >= 15 is 0 Å². The third kappa shape index (κ3) is 2.34. The van der Waals surface area contributed by atoms with Gasteiger partial charge < -0.3 is 14.8 Å². The molecule has 0 spiro atoms. The fourth-order valence-electron chi connectivity index (χ4n) is 2.16. The van der Waals surface area contributed by atoms with Gasteiger partial charge in [0.1, 0.15) is 5.60 Å². The smallest absolute Gasteiger partial charge is 0.316 e. The molecule has 0 aromatic carbocycles. The number of ether oxygens (including phenoxy) is 2. The lowest BCUT2D eigenvalue weighted by Crippen LogP contribution is -2.49. The topological polar surface area (TPSA) is 73.3 Å². The molecule has 18 heavy (non-hydrogen) atoms. The number of carbonyl (C=O) groups excluding carboxylic acids is 1. The maximum absolute atomic E-state index is 12.5. The summed E-state index contributed by atoms with van der Waals surface area (Å²) in [5.41, 5.74) is -0.289. The van der Waals surface area contributed by atoms with Crippen LogP contribution in [0.25, 0.3) is 0 Å². The van der Waals surface area contributed by atoms with E-state index in [4.69, 9.17) is 9.47 Å². The Morgan fingerprint density at radius 1 is 1.28 bits per heavy atom. The molecule has 2 heterocycles. The van der Waals surface area contributed by atoms with Gasteiger partial charge in [-0.25, -0.2) is 9.97 Å². The van der Waals surface area contributed by atoms with Gasteiger partial charge in [-0.2, -0.15) is 0 Å². The molecule has 1 aliphatic rings. The molecule has 1 fully saturated rings. The highest BCUT2D eigenvalue weighted by molar-refractivity contribution is 6.02. The summed E-state index contributed by atoms with van der Waals surface area (Å²) in [6.07, 6.45) is 4.29. The molecule has 1 N–H and O–H groups in total. The molecule has 0 atom stereocenters. The maximum atomic E-state index is 12.5. The van der Waals surface area contributed by atoms with Gasteiger partial charge in [0, 0.05) is 19.5 Å². The van der Waals surface area contributed by atoms with Gasteiger partial charge in [0.25, 0.3) is 0 Å². The molecule has 0 unspecified atom stereocenters. The number of methoxy groups -OCH3 is 2. The zero-order valence-electron chi connectivity index (χ0n) is 10.6. The Morgan fingerprint density at radius 2 is 1.89 bits per heavy atom. The Balaban J connectivity index is 2.22. The summed E-state index contributed by atoms with van der Waals surface area (Å²) >= 11 is 0. The molecule has 1 aromatic heterocycles. The summed E-state index contributed by atoms with van der Waals surface area (Å²) < 4.78 is 10.3. The van der Waals surface area contributed by atoms with Crippen LogP contribution in [0.3, 0.4) is 0 Å². The lowest BCUT2D eigenvalue weighted by atomic mass is 9.85. The first-order chi connectivity index (χ1) is 8.72. The Kier molecular flexibility index (Phi) is 3.88. The second kappa shape index (κ2) is 5.41. The fourth-order valence-corrected chi connectivity index (χ4v) is 2.16. The number of hydrogen-bond acceptors (Lipinski definition) is 6. The van der Waals surface area contributed by atoms with Gasteiger partial charge in [-0.3, -0.25) is 4.79 Å². The van der Waals surface area contributed by atoms with Crippen LogP contribution in [0.2, 0.25) is 0 Å². The second-order valence-corrected chi connectivity index (χ2v) is 4.24. The summed E-state index contributed by atoms with van der Waals surface area (Å²) in [6.45, 7) is 1.55. The van der Waals surface area contributed by atoms with Crippen LogP contribution >= 0.6 is 0 Å². The van der Waals surface area contributed by atoms with E-state index in [1.54, 1.807) is 7.11 Å². The standard InChI is InChI=1S/C12H17N3O3/c1-17-11-14-7-9(8-15-11)10(16)12(18-2)3-5-13-6-4-12/h7-8,13H,3-6H2,1-2H3. The van der Waals surface area contributed by atoms with Crippen molar-refractivity contribution in [2.45, 2.75) is 18.4 Å². The summed E-state index contributed by atoms with van der Waals surface area (Å²) in [6, 6.07) is 0.253. The van der Waals surface area contributed by atoms with Gasteiger partial charge in [-0.1, -0.05) is 0 Å². The van der Waals surface area contributed by atoms with Crippen molar-refractivity contribution in [2.75, 3.05) is 27.3 Å². The van der Waals surface area contributed by atoms with Crippen LogP contribution in [0.4, 0.5) is 0 Å². The molecule has 0 amide bonds. The van der Waals surface area contributed by atoms with E-state index in [0.29, 0.717) is 18.4 Å². The molecule has 1 saturated heterocycles. The lowest BCUT2D eigenvalue weighted by Gasteiger charge is -2.34. The van der Waals surface area contributed by atoms with Crippen molar-refractivity contribution in [1.82, 2.24) is 15.3 Å². The summed E-state index contributed by atoms with van der Waals surface area (Å²) in [5, 5.41) is 3.21. The van der Waals surface area contributed by atoms with Crippen molar-refractivity contribution in [3.63, 3.8) is 0 Å². The molecule has 6 nitrogen and oxygen atoms in total. The van der Waals surface area contributed by atoms with Crippen molar-refractivity contribution < 1.29 is 14.3 Å². The maximum Gasteiger partial charge on any atom is 0.316 e. The summed E-state index contributed by atoms with van der Waals surface area (Å²) in [5.74, 6) is -0.0610. The largest absolute Gasteiger partial charge is 0.467 e. The van der Waals surface area contributed by atoms with Gasteiger partial charge in [0.2, 0.25) is 0 Å². The van der Waals surface area contributed by atoms with E-state index in [2.05, 4.69) is 15.3 Å². The van der Waals surface area contributed by atoms with Gasteiger partial charge in [0.15, 0.2) is 5.78 Å². The van der Waals surface area contributed by atoms with Crippen LogP contribution in [0.1, 0.15) is 23.2 Å². The average Bonchev–Trinajstić information content (AvgIpc) is 2.47. The Labute approximate surface area is 106 Å². The first-order valence-corrected chi connectivity index (χ1v) is 5.88. The molecule has 1 aliphatic heterocycles. The molecule has 2 rings (SSSR count). The Bertz CT molecular complexity index is 413. The number of nitrogens with zero attached hydrogens (tertiary/aromatic N) is 2. The van der Waals surface area contributed by atoms with Gasteiger partial charge in [-0.05, 0) is 25.9 Å². The first-order valence-electron chi connectivity index (χ1n) is 5.88. The minimum Gasteiger partial charge on any atom is -0.467 e. The van der Waals surface area contributed by atoms with Crippen LogP contribution < -0.4 is 10.1 Å². The van der Waals surface area contributed by atoms with E-state index in [0.717, 1.165) is 13.1 Å². The van der Waals surface area contributed by atoms with Crippen LogP contribution in [0.15, 0.2) is 12.4 Å². The van der Waals surface area contributed by atoms with E-state index in [-0.39, 0.29) is 11.8 Å². The molecular weight excluding hydrogens is 234 g/mol. The number of carbonyl (C=O) groups is 1. The van der Waals surface area contributed by atoms with E-state index in [1.807, 2.05) is 0 Å². The van der Waals surface area contributed by atoms with Crippen molar-refractivity contribution in [2.24, 2.45) is 0 Å². The average molecular weight is 251 g/mol. The van der Waals surface area contributed by atoms with Crippen LogP contribution in [0, 0.1) is 0 Å². The molecule has 0 aliphatic carbocycles. The van der Waals surface area contributed by atoms with Gasteiger partial charge in [-0.15, -0.1) is 0 Å². The van der Waals surface area contributed by atoms with Gasteiger partial charge >= 0.3 is 6.01 Å². The summed E-state index contributed by atoms with van der Waals surface area (Å²) in [7, 11) is 3.06. The molecule has 6 heteroatoms. The number of rotatable bonds is 4. The predicted octanol–water partition coefficient (Wildman–Crippen LogP) is 0.436. The van der Waals surface area contributed by atoms with Crippen LogP contribution in [-0.2, 0) is 4.74 Å². The minimum absolute atomic E-state index is 0.0610. The Hall–Kier alpha value is -1.53. The van der Waals surface area contributed by atoms with Crippen molar-refractivity contribution >= 4 is 5.78 Å². The number of ketones is 1. The number of nitrogens with one attached hydrogen (secondary N) is 1. The van der Waals surface area contributed by atoms with Crippen molar-refractivity contribution in [1.29, 1.82) is 0 Å².